The number of carbonyl (C=O) groups is 4. The molecule has 0 bridgehead atoms. The summed E-state index contributed by atoms with van der Waals surface area (Å²) in [5, 5.41) is 25.4. The molecule has 0 spiro atoms. The number of carboxylic acid groups (broad SMARTS) is 1. The number of para-hydroxylation sites is 1. The first-order chi connectivity index (χ1) is 18.6. The molecule has 0 saturated carbocycles. The molecule has 39 heavy (non-hydrogen) atoms. The van der Waals surface area contributed by atoms with Crippen LogP contribution in [0.25, 0.3) is 10.9 Å². The van der Waals surface area contributed by atoms with Gasteiger partial charge < -0.3 is 30.7 Å². The second-order valence-corrected chi connectivity index (χ2v) is 10.4. The van der Waals surface area contributed by atoms with E-state index in [1.165, 1.54) is 6.92 Å². The largest absolute Gasteiger partial charge is 0.480 e. The molecule has 2 aliphatic heterocycles. The molecule has 2 aromatic carbocycles. The van der Waals surface area contributed by atoms with E-state index in [-0.39, 0.29) is 18.2 Å². The summed E-state index contributed by atoms with van der Waals surface area (Å²) in [5.41, 5.74) is 4.07. The summed E-state index contributed by atoms with van der Waals surface area (Å²) in [6, 6.07) is 11.1. The lowest BCUT2D eigenvalue weighted by atomic mass is 9.89. The summed E-state index contributed by atoms with van der Waals surface area (Å²) in [7, 11) is 0. The summed E-state index contributed by atoms with van der Waals surface area (Å²) in [6.07, 6.45) is -0.555. The van der Waals surface area contributed by atoms with E-state index in [2.05, 4.69) is 15.6 Å². The van der Waals surface area contributed by atoms with Gasteiger partial charge in [-0.25, -0.2) is 4.79 Å². The Morgan fingerprint density at radius 1 is 1.05 bits per heavy atom. The molecular formula is C29H32N4O6. The van der Waals surface area contributed by atoms with Crippen molar-refractivity contribution >= 4 is 34.6 Å². The van der Waals surface area contributed by atoms with Gasteiger partial charge in [0.05, 0.1) is 12.1 Å². The maximum absolute atomic E-state index is 13.9. The molecule has 1 aromatic heterocycles. The predicted molar refractivity (Wildman–Crippen MR) is 143 cm³/mol. The lowest BCUT2D eigenvalue weighted by molar-refractivity contribution is -0.145. The zero-order chi connectivity index (χ0) is 28.0. The van der Waals surface area contributed by atoms with Crippen LogP contribution in [0.2, 0.25) is 0 Å². The van der Waals surface area contributed by atoms with Gasteiger partial charge in [-0.1, -0.05) is 56.7 Å². The van der Waals surface area contributed by atoms with E-state index in [1.807, 2.05) is 43.3 Å². The van der Waals surface area contributed by atoms with Crippen molar-refractivity contribution in [2.45, 2.75) is 63.9 Å². The van der Waals surface area contributed by atoms with Crippen LogP contribution in [0.1, 0.15) is 60.4 Å². The average Bonchev–Trinajstić information content (AvgIpc) is 3.44. The normalized spacial score (nSPS) is 20.8. The molecular weight excluding hydrogens is 500 g/mol. The molecule has 0 radical (unpaired) electrons. The number of benzene rings is 2. The van der Waals surface area contributed by atoms with Crippen LogP contribution in [0, 0.1) is 5.92 Å². The highest BCUT2D eigenvalue weighted by Gasteiger charge is 2.49. The van der Waals surface area contributed by atoms with E-state index >= 15 is 0 Å². The molecule has 3 amide bonds. The molecule has 10 heteroatoms. The molecule has 3 aromatic rings. The van der Waals surface area contributed by atoms with E-state index in [1.54, 1.807) is 24.0 Å². The van der Waals surface area contributed by atoms with Gasteiger partial charge in [-0.15, -0.1) is 0 Å². The smallest absolute Gasteiger partial charge is 0.328 e. The highest BCUT2D eigenvalue weighted by atomic mass is 16.4. The molecule has 0 fully saturated rings. The summed E-state index contributed by atoms with van der Waals surface area (Å²) < 4.78 is 0. The number of aromatic amines is 1. The van der Waals surface area contributed by atoms with Crippen LogP contribution in [0.3, 0.4) is 0 Å². The molecule has 10 nitrogen and oxygen atoms in total. The summed E-state index contributed by atoms with van der Waals surface area (Å²) in [6.45, 7) is 4.91. The number of aliphatic hydroxyl groups is 1. The monoisotopic (exact) mass is 532 g/mol. The van der Waals surface area contributed by atoms with Crippen molar-refractivity contribution in [2.24, 2.45) is 5.92 Å². The number of nitrogens with zero attached hydrogens (tertiary/aromatic N) is 1. The van der Waals surface area contributed by atoms with E-state index in [4.69, 9.17) is 0 Å². The Labute approximate surface area is 225 Å². The zero-order valence-electron chi connectivity index (χ0n) is 22.0. The van der Waals surface area contributed by atoms with Crippen molar-refractivity contribution in [3.8, 4) is 0 Å². The quantitative estimate of drug-likeness (QED) is 0.300. The lowest BCUT2D eigenvalue weighted by Crippen LogP contribution is -2.60. The number of fused-ring (bicyclic) bond motifs is 7. The minimum Gasteiger partial charge on any atom is -0.480 e. The molecule has 204 valence electrons. The fourth-order valence-electron chi connectivity index (χ4n) is 5.72. The zero-order valence-corrected chi connectivity index (χ0v) is 22.0. The van der Waals surface area contributed by atoms with E-state index in [9.17, 15) is 29.4 Å². The molecule has 5 rings (SSSR count). The number of carbonyl (C=O) groups excluding carboxylic acids is 3. The second-order valence-electron chi connectivity index (χ2n) is 10.4. The second kappa shape index (κ2) is 10.2. The van der Waals surface area contributed by atoms with Crippen molar-refractivity contribution in [2.75, 3.05) is 0 Å². The third-order valence-corrected chi connectivity index (χ3v) is 7.99. The first-order valence-corrected chi connectivity index (χ1v) is 13.2. The maximum atomic E-state index is 13.9. The van der Waals surface area contributed by atoms with E-state index in [0.717, 1.165) is 27.7 Å². The Kier molecular flexibility index (Phi) is 6.90. The molecule has 5 N–H and O–H groups in total. The van der Waals surface area contributed by atoms with Crippen LogP contribution >= 0.6 is 0 Å². The van der Waals surface area contributed by atoms with Crippen LogP contribution in [0.15, 0.2) is 48.5 Å². The van der Waals surface area contributed by atoms with Gasteiger partial charge in [0.1, 0.15) is 12.1 Å². The number of hydrogen-bond donors (Lipinski definition) is 5. The van der Waals surface area contributed by atoms with Gasteiger partial charge in [0.15, 0.2) is 6.04 Å². The van der Waals surface area contributed by atoms with E-state index < -0.39 is 48.1 Å². The van der Waals surface area contributed by atoms with Crippen LogP contribution in [0.5, 0.6) is 0 Å². The number of aliphatic carboxylic acids is 1. The van der Waals surface area contributed by atoms with Gasteiger partial charge in [0.25, 0.3) is 5.91 Å². The summed E-state index contributed by atoms with van der Waals surface area (Å²) in [5.74, 6) is -3.19. The van der Waals surface area contributed by atoms with Gasteiger partial charge in [-0.05, 0) is 36.1 Å². The molecule has 0 aliphatic carbocycles. The molecule has 3 heterocycles. The number of rotatable bonds is 8. The van der Waals surface area contributed by atoms with Gasteiger partial charge in [-0.2, -0.15) is 0 Å². The average molecular weight is 533 g/mol. The first-order valence-electron chi connectivity index (χ1n) is 13.2. The number of amides is 3. The lowest BCUT2D eigenvalue weighted by Gasteiger charge is -2.38. The molecule has 0 saturated heterocycles. The van der Waals surface area contributed by atoms with Crippen LogP contribution in [-0.2, 0) is 20.8 Å². The Hall–Kier alpha value is -4.18. The Morgan fingerprint density at radius 2 is 1.74 bits per heavy atom. The number of aromatic nitrogens is 1. The highest BCUT2D eigenvalue weighted by Crippen LogP contribution is 2.46. The van der Waals surface area contributed by atoms with E-state index in [0.29, 0.717) is 12.0 Å². The van der Waals surface area contributed by atoms with Gasteiger partial charge in [-0.3, -0.25) is 14.4 Å². The SMILES string of the molecule is CCC(C)C(NC(=O)C1Cc2c([nH]c3ccccc23)C2c3ccccc3C(=O)N12)C(=O)NC(C(=O)O)C(C)O. The molecule has 6 atom stereocenters. The minimum absolute atomic E-state index is 0.252. The van der Waals surface area contributed by atoms with Crippen molar-refractivity contribution in [1.29, 1.82) is 0 Å². The van der Waals surface area contributed by atoms with Crippen LogP contribution in [-0.4, -0.2) is 68.0 Å². The number of H-pyrrole nitrogens is 1. The first kappa shape index (κ1) is 26.4. The van der Waals surface area contributed by atoms with Crippen molar-refractivity contribution in [3.05, 3.63) is 70.9 Å². The number of aliphatic hydroxyl groups excluding tert-OH is 1. The van der Waals surface area contributed by atoms with Crippen molar-refractivity contribution in [1.82, 2.24) is 20.5 Å². The topological polar surface area (TPSA) is 152 Å². The Bertz CT molecular complexity index is 1460. The highest BCUT2D eigenvalue weighted by molar-refractivity contribution is 6.04. The van der Waals surface area contributed by atoms with Crippen molar-refractivity contribution < 1.29 is 29.4 Å². The summed E-state index contributed by atoms with van der Waals surface area (Å²) in [4.78, 5) is 57.4. The Balaban J connectivity index is 1.51. The number of carboxylic acids is 1. The Morgan fingerprint density at radius 3 is 2.44 bits per heavy atom. The number of nitrogens with one attached hydrogen (secondary N) is 3. The minimum atomic E-state index is -1.52. The predicted octanol–water partition coefficient (Wildman–Crippen LogP) is 2.12. The molecule has 6 unspecified atom stereocenters. The fraction of sp³-hybridized carbons (Fsp3) is 0.379. The van der Waals surface area contributed by atoms with Crippen LogP contribution in [0.4, 0.5) is 0 Å². The van der Waals surface area contributed by atoms with Gasteiger partial charge in [0, 0.05) is 28.6 Å². The van der Waals surface area contributed by atoms with Gasteiger partial charge in [0.2, 0.25) is 11.8 Å². The standard InChI is InChI=1S/C29H32N4O6/c1-4-14(2)22(27(36)32-23(15(3)34)29(38)39)31-26(35)21-13-19-16-9-7-8-12-20(16)30-24(19)25-17-10-5-6-11-18(17)28(37)33(21)25/h5-12,14-15,21-23,25,30,34H,4,13H2,1-3H3,(H,31,35)(H,32,36)(H,38,39). The van der Waals surface area contributed by atoms with Crippen LogP contribution < -0.4 is 10.6 Å². The van der Waals surface area contributed by atoms with Crippen molar-refractivity contribution in [3.63, 3.8) is 0 Å². The molecule has 2 aliphatic rings. The third kappa shape index (κ3) is 4.44. The number of hydrogen-bond acceptors (Lipinski definition) is 5. The third-order valence-electron chi connectivity index (χ3n) is 7.99. The van der Waals surface area contributed by atoms with Gasteiger partial charge >= 0.3 is 5.97 Å². The maximum Gasteiger partial charge on any atom is 0.328 e. The fourth-order valence-corrected chi connectivity index (χ4v) is 5.72. The summed E-state index contributed by atoms with van der Waals surface area (Å²) >= 11 is 0.